The third-order valence-corrected chi connectivity index (χ3v) is 6.09. The molecule has 0 fully saturated rings. The summed E-state index contributed by atoms with van der Waals surface area (Å²) in [5, 5.41) is 3.87. The molecule has 0 spiro atoms. The third kappa shape index (κ3) is 5.23. The van der Waals surface area contributed by atoms with E-state index < -0.39 is 0 Å². The second-order valence-corrected chi connectivity index (χ2v) is 8.70. The van der Waals surface area contributed by atoms with Gasteiger partial charge in [-0.05, 0) is 67.6 Å². The van der Waals surface area contributed by atoms with Crippen LogP contribution in [0.25, 0.3) is 16.6 Å². The first kappa shape index (κ1) is 23.4. The highest BCUT2D eigenvalue weighted by Gasteiger charge is 2.15. The van der Waals surface area contributed by atoms with Gasteiger partial charge in [0, 0.05) is 25.5 Å². The smallest absolute Gasteiger partial charge is 0.266 e. The molecule has 174 valence electrons. The molecule has 1 N–H and O–H groups in total. The third-order valence-electron chi connectivity index (χ3n) is 5.15. The Morgan fingerprint density at radius 2 is 1.74 bits per heavy atom. The molecule has 0 saturated heterocycles. The Kier molecular flexibility index (Phi) is 7.18. The number of hydrogen-bond donors (Lipinski definition) is 1. The molecule has 0 atom stereocenters. The zero-order valence-electron chi connectivity index (χ0n) is 19.3. The summed E-state index contributed by atoms with van der Waals surface area (Å²) in [5.74, 6) is 0.655. The first-order chi connectivity index (χ1) is 16.5. The molecule has 0 bridgehead atoms. The Balaban J connectivity index is 1.60. The molecular formula is C26H26N4O3S. The van der Waals surface area contributed by atoms with Crippen LogP contribution in [-0.4, -0.2) is 41.9 Å². The highest BCUT2D eigenvalue weighted by atomic mass is 32.2. The molecule has 0 radical (unpaired) electrons. The van der Waals surface area contributed by atoms with Gasteiger partial charge in [-0.15, -0.1) is 0 Å². The maximum atomic E-state index is 13.4. The molecule has 7 nitrogen and oxygen atoms in total. The fourth-order valence-electron chi connectivity index (χ4n) is 3.47. The Bertz CT molecular complexity index is 1350. The quantitative estimate of drug-likeness (QED) is 0.298. The van der Waals surface area contributed by atoms with Crippen molar-refractivity contribution in [1.29, 1.82) is 0 Å². The molecule has 1 amide bonds. The van der Waals surface area contributed by atoms with Gasteiger partial charge in [0.1, 0.15) is 5.75 Å². The molecule has 3 aromatic carbocycles. The van der Waals surface area contributed by atoms with E-state index in [0.29, 0.717) is 34.0 Å². The summed E-state index contributed by atoms with van der Waals surface area (Å²) in [6, 6.07) is 22.1. The first-order valence-corrected chi connectivity index (χ1v) is 11.9. The van der Waals surface area contributed by atoms with Gasteiger partial charge in [-0.3, -0.25) is 14.2 Å². The molecule has 0 aliphatic rings. The van der Waals surface area contributed by atoms with Gasteiger partial charge in [0.25, 0.3) is 5.56 Å². The van der Waals surface area contributed by atoms with Gasteiger partial charge < -0.3 is 15.0 Å². The van der Waals surface area contributed by atoms with Crippen molar-refractivity contribution in [3.63, 3.8) is 0 Å². The zero-order chi connectivity index (χ0) is 24.1. The van der Waals surface area contributed by atoms with Gasteiger partial charge in [-0.1, -0.05) is 23.9 Å². The van der Waals surface area contributed by atoms with Crippen molar-refractivity contribution in [2.75, 3.05) is 36.7 Å². The van der Waals surface area contributed by atoms with Gasteiger partial charge in [0.05, 0.1) is 29.0 Å². The summed E-state index contributed by atoms with van der Waals surface area (Å²) in [7, 11) is 3.93. The summed E-state index contributed by atoms with van der Waals surface area (Å²) >= 11 is 1.22. The highest BCUT2D eigenvalue weighted by molar-refractivity contribution is 7.99. The van der Waals surface area contributed by atoms with E-state index in [9.17, 15) is 9.59 Å². The van der Waals surface area contributed by atoms with Crippen molar-refractivity contribution >= 4 is 39.9 Å². The molecule has 34 heavy (non-hydrogen) atoms. The predicted octanol–water partition coefficient (Wildman–Crippen LogP) is 4.58. The average Bonchev–Trinajstić information content (AvgIpc) is 2.84. The summed E-state index contributed by atoms with van der Waals surface area (Å²) in [5.41, 5.74) is 2.83. The van der Waals surface area contributed by atoms with Crippen LogP contribution < -0.4 is 20.5 Å². The van der Waals surface area contributed by atoms with Gasteiger partial charge in [-0.25, -0.2) is 4.98 Å². The van der Waals surface area contributed by atoms with E-state index in [1.165, 1.54) is 11.8 Å². The van der Waals surface area contributed by atoms with Crippen molar-refractivity contribution < 1.29 is 9.53 Å². The van der Waals surface area contributed by atoms with Crippen molar-refractivity contribution in [3.05, 3.63) is 83.2 Å². The lowest BCUT2D eigenvalue weighted by Gasteiger charge is -2.14. The fourth-order valence-corrected chi connectivity index (χ4v) is 4.28. The lowest BCUT2D eigenvalue weighted by Crippen LogP contribution is -2.23. The van der Waals surface area contributed by atoms with E-state index in [1.54, 1.807) is 16.7 Å². The molecule has 1 heterocycles. The molecular weight excluding hydrogens is 448 g/mol. The molecule has 4 rings (SSSR count). The van der Waals surface area contributed by atoms with E-state index in [0.717, 1.165) is 11.4 Å². The SMILES string of the molecule is CCOc1ccc(-n2c(SCC(=O)Nc3ccc(N(C)C)cc3)nc3ccccc3c2=O)cc1. The molecule has 4 aromatic rings. The highest BCUT2D eigenvalue weighted by Crippen LogP contribution is 2.23. The molecule has 8 heteroatoms. The number of amides is 1. The predicted molar refractivity (Wildman–Crippen MR) is 139 cm³/mol. The number of nitrogens with one attached hydrogen (secondary N) is 1. The largest absolute Gasteiger partial charge is 0.494 e. The molecule has 0 aliphatic heterocycles. The van der Waals surface area contributed by atoms with Crippen LogP contribution in [0.4, 0.5) is 11.4 Å². The normalized spacial score (nSPS) is 10.8. The van der Waals surface area contributed by atoms with Crippen LogP contribution in [0.2, 0.25) is 0 Å². The number of rotatable bonds is 8. The number of aromatic nitrogens is 2. The maximum Gasteiger partial charge on any atom is 0.266 e. The van der Waals surface area contributed by atoms with E-state index in [2.05, 4.69) is 5.32 Å². The Morgan fingerprint density at radius 3 is 2.41 bits per heavy atom. The first-order valence-electron chi connectivity index (χ1n) is 10.9. The zero-order valence-corrected chi connectivity index (χ0v) is 20.1. The van der Waals surface area contributed by atoms with Crippen LogP contribution in [-0.2, 0) is 4.79 Å². The van der Waals surface area contributed by atoms with E-state index in [4.69, 9.17) is 9.72 Å². The number of fused-ring (bicyclic) bond motifs is 1. The lowest BCUT2D eigenvalue weighted by atomic mass is 10.2. The number of para-hydroxylation sites is 1. The number of anilines is 2. The van der Waals surface area contributed by atoms with Crippen LogP contribution in [0.15, 0.2) is 82.7 Å². The summed E-state index contributed by atoms with van der Waals surface area (Å²) < 4.78 is 7.06. The monoisotopic (exact) mass is 474 g/mol. The minimum absolute atomic E-state index is 0.108. The number of thioether (sulfide) groups is 1. The molecule has 1 aromatic heterocycles. The van der Waals surface area contributed by atoms with Crippen LogP contribution in [0.1, 0.15) is 6.92 Å². The van der Waals surface area contributed by atoms with E-state index in [1.807, 2.05) is 86.6 Å². The number of nitrogens with zero attached hydrogens (tertiary/aromatic N) is 3. The number of hydrogen-bond acceptors (Lipinski definition) is 6. The van der Waals surface area contributed by atoms with Crippen LogP contribution >= 0.6 is 11.8 Å². The fraction of sp³-hybridized carbons (Fsp3) is 0.192. The van der Waals surface area contributed by atoms with Crippen LogP contribution in [0, 0.1) is 0 Å². The summed E-state index contributed by atoms with van der Waals surface area (Å²) in [4.78, 5) is 32.7. The lowest BCUT2D eigenvalue weighted by molar-refractivity contribution is -0.113. The standard InChI is InChI=1S/C26H26N4O3S/c1-4-33-21-15-13-20(14-16-21)30-25(32)22-7-5-6-8-23(22)28-26(30)34-17-24(31)27-18-9-11-19(12-10-18)29(2)3/h5-16H,4,17H2,1-3H3,(H,27,31). The minimum Gasteiger partial charge on any atom is -0.494 e. The molecule has 0 aliphatic carbocycles. The second-order valence-electron chi connectivity index (χ2n) is 7.76. The Hall–Kier alpha value is -3.78. The molecule has 0 saturated carbocycles. The summed E-state index contributed by atoms with van der Waals surface area (Å²) in [6.45, 7) is 2.48. The number of benzene rings is 3. The van der Waals surface area contributed by atoms with Crippen molar-refractivity contribution in [1.82, 2.24) is 9.55 Å². The molecule has 0 unspecified atom stereocenters. The van der Waals surface area contributed by atoms with Gasteiger partial charge in [0.2, 0.25) is 5.91 Å². The number of ether oxygens (including phenoxy) is 1. The van der Waals surface area contributed by atoms with Crippen molar-refractivity contribution in [2.24, 2.45) is 0 Å². The second kappa shape index (κ2) is 10.4. The van der Waals surface area contributed by atoms with E-state index in [-0.39, 0.29) is 17.2 Å². The maximum absolute atomic E-state index is 13.4. The summed E-state index contributed by atoms with van der Waals surface area (Å²) in [6.07, 6.45) is 0. The van der Waals surface area contributed by atoms with Gasteiger partial charge in [0.15, 0.2) is 5.16 Å². The topological polar surface area (TPSA) is 76.5 Å². The number of carbonyl (C=O) groups is 1. The number of carbonyl (C=O) groups excluding carboxylic acids is 1. The Morgan fingerprint density at radius 1 is 1.03 bits per heavy atom. The van der Waals surface area contributed by atoms with Crippen LogP contribution in [0.5, 0.6) is 5.75 Å². The van der Waals surface area contributed by atoms with Crippen molar-refractivity contribution in [2.45, 2.75) is 12.1 Å². The van der Waals surface area contributed by atoms with Gasteiger partial charge in [-0.2, -0.15) is 0 Å². The van der Waals surface area contributed by atoms with Crippen molar-refractivity contribution in [3.8, 4) is 11.4 Å². The minimum atomic E-state index is -0.183. The van der Waals surface area contributed by atoms with Crippen LogP contribution in [0.3, 0.4) is 0 Å². The van der Waals surface area contributed by atoms with Gasteiger partial charge >= 0.3 is 0 Å². The average molecular weight is 475 g/mol. The van der Waals surface area contributed by atoms with E-state index >= 15 is 0 Å². The Labute approximate surface area is 202 Å².